The van der Waals surface area contributed by atoms with Gasteiger partial charge in [-0.1, -0.05) is 13.3 Å². The van der Waals surface area contributed by atoms with Gasteiger partial charge in [-0.15, -0.1) is 0 Å². The fourth-order valence-electron chi connectivity index (χ4n) is 1.35. The van der Waals surface area contributed by atoms with Gasteiger partial charge in [0.2, 0.25) is 0 Å². The minimum absolute atomic E-state index is 0.0295. The number of aromatic hydroxyl groups is 1. The maximum absolute atomic E-state index is 12.5. The van der Waals surface area contributed by atoms with Gasteiger partial charge in [0.15, 0.2) is 6.10 Å². The topological polar surface area (TPSA) is 46.5 Å². The van der Waals surface area contributed by atoms with Crippen molar-refractivity contribution < 1.29 is 27.8 Å². The smallest absolute Gasteiger partial charge is 0.425 e. The van der Waals surface area contributed by atoms with E-state index >= 15 is 0 Å². The largest absolute Gasteiger partial charge is 0.508 e. The van der Waals surface area contributed by atoms with Crippen molar-refractivity contribution in [3.63, 3.8) is 0 Å². The van der Waals surface area contributed by atoms with Crippen LogP contribution in [-0.4, -0.2) is 23.4 Å². The van der Waals surface area contributed by atoms with Crippen molar-refractivity contribution in [1.29, 1.82) is 0 Å². The Morgan fingerprint density at radius 3 is 2.33 bits per heavy atom. The number of esters is 1. The first-order valence-electron chi connectivity index (χ1n) is 5.41. The molecule has 0 heterocycles. The number of benzene rings is 1. The fourth-order valence-corrected chi connectivity index (χ4v) is 1.35. The Bertz CT molecular complexity index is 398. The van der Waals surface area contributed by atoms with Crippen LogP contribution in [0.4, 0.5) is 13.2 Å². The van der Waals surface area contributed by atoms with Crippen molar-refractivity contribution in [2.75, 3.05) is 0 Å². The molecular weight excluding hydrogens is 249 g/mol. The summed E-state index contributed by atoms with van der Waals surface area (Å²) >= 11 is 0. The highest BCUT2D eigenvalue weighted by Gasteiger charge is 2.42. The number of halogens is 3. The predicted octanol–water partition coefficient (Wildman–Crippen LogP) is 3.28. The van der Waals surface area contributed by atoms with Crippen molar-refractivity contribution in [3.8, 4) is 5.75 Å². The lowest BCUT2D eigenvalue weighted by molar-refractivity contribution is -0.206. The van der Waals surface area contributed by atoms with Crippen LogP contribution in [0.2, 0.25) is 0 Å². The normalized spacial score (nSPS) is 13.1. The van der Waals surface area contributed by atoms with E-state index < -0.39 is 18.2 Å². The van der Waals surface area contributed by atoms with Crippen molar-refractivity contribution in [1.82, 2.24) is 0 Å². The predicted molar refractivity (Wildman–Crippen MR) is 58.3 cm³/mol. The Morgan fingerprint density at radius 1 is 1.33 bits per heavy atom. The van der Waals surface area contributed by atoms with Crippen LogP contribution in [0.1, 0.15) is 30.1 Å². The molecule has 1 aromatic rings. The van der Waals surface area contributed by atoms with Crippen LogP contribution < -0.4 is 0 Å². The number of carbonyl (C=O) groups is 1. The van der Waals surface area contributed by atoms with Crippen LogP contribution in [0.15, 0.2) is 24.3 Å². The van der Waals surface area contributed by atoms with Gasteiger partial charge in [0.25, 0.3) is 0 Å². The van der Waals surface area contributed by atoms with E-state index in [1.165, 1.54) is 24.3 Å². The maximum atomic E-state index is 12.5. The number of carbonyl (C=O) groups excluding carboxylic acids is 1. The van der Waals surface area contributed by atoms with Gasteiger partial charge >= 0.3 is 12.1 Å². The highest BCUT2D eigenvalue weighted by molar-refractivity contribution is 5.89. The van der Waals surface area contributed by atoms with Crippen molar-refractivity contribution in [2.24, 2.45) is 0 Å². The second kappa shape index (κ2) is 5.75. The van der Waals surface area contributed by atoms with Crippen LogP contribution in [0.25, 0.3) is 0 Å². The van der Waals surface area contributed by atoms with Crippen LogP contribution in [-0.2, 0) is 4.74 Å². The summed E-state index contributed by atoms with van der Waals surface area (Å²) in [5, 5.41) is 9.00. The standard InChI is InChI=1S/C12H13F3O3/c1-2-3-10(12(13,14)15)18-11(17)8-4-6-9(16)7-5-8/h4-7,10,16H,2-3H2,1H3/t10-/m1/s1. The lowest BCUT2D eigenvalue weighted by Gasteiger charge is -2.20. The van der Waals surface area contributed by atoms with Gasteiger partial charge in [-0.25, -0.2) is 4.79 Å². The van der Waals surface area contributed by atoms with E-state index in [0.29, 0.717) is 0 Å². The molecule has 0 unspecified atom stereocenters. The highest BCUT2D eigenvalue weighted by atomic mass is 19.4. The van der Waals surface area contributed by atoms with Gasteiger partial charge in [0.05, 0.1) is 5.56 Å². The molecule has 0 spiro atoms. The summed E-state index contributed by atoms with van der Waals surface area (Å²) in [5.74, 6) is -1.13. The molecule has 18 heavy (non-hydrogen) atoms. The Balaban J connectivity index is 2.75. The first-order chi connectivity index (χ1) is 8.34. The van der Waals surface area contributed by atoms with Crippen LogP contribution >= 0.6 is 0 Å². The molecule has 0 bridgehead atoms. The number of hydrogen-bond donors (Lipinski definition) is 1. The van der Waals surface area contributed by atoms with Crippen LogP contribution in [0.3, 0.4) is 0 Å². The molecule has 0 fully saturated rings. The average molecular weight is 262 g/mol. The summed E-state index contributed by atoms with van der Waals surface area (Å²) in [5.41, 5.74) is -0.0295. The minimum atomic E-state index is -4.57. The van der Waals surface area contributed by atoms with Gasteiger partial charge in [0.1, 0.15) is 5.75 Å². The summed E-state index contributed by atoms with van der Waals surface area (Å²) in [6, 6.07) is 4.83. The first-order valence-corrected chi connectivity index (χ1v) is 5.41. The van der Waals surface area contributed by atoms with Gasteiger partial charge in [-0.3, -0.25) is 0 Å². The zero-order valence-corrected chi connectivity index (χ0v) is 9.70. The third-order valence-corrected chi connectivity index (χ3v) is 2.27. The average Bonchev–Trinajstić information content (AvgIpc) is 2.28. The van der Waals surface area contributed by atoms with E-state index in [2.05, 4.69) is 4.74 Å². The van der Waals surface area contributed by atoms with Gasteiger partial charge in [-0.05, 0) is 30.7 Å². The summed E-state index contributed by atoms with van der Waals surface area (Å²) < 4.78 is 42.0. The molecule has 1 N–H and O–H groups in total. The molecule has 0 aromatic heterocycles. The molecule has 1 atom stereocenters. The number of alkyl halides is 3. The number of rotatable bonds is 4. The SMILES string of the molecule is CCC[C@@H](OC(=O)c1ccc(O)cc1)C(F)(F)F. The molecule has 0 radical (unpaired) electrons. The zero-order valence-electron chi connectivity index (χ0n) is 9.70. The summed E-state index contributed by atoms with van der Waals surface area (Å²) in [6.45, 7) is 1.58. The highest BCUT2D eigenvalue weighted by Crippen LogP contribution is 2.27. The second-order valence-corrected chi connectivity index (χ2v) is 3.77. The molecule has 3 nitrogen and oxygen atoms in total. The van der Waals surface area contributed by atoms with Crippen molar-refractivity contribution in [3.05, 3.63) is 29.8 Å². The fraction of sp³-hybridized carbons (Fsp3) is 0.417. The van der Waals surface area contributed by atoms with E-state index in [-0.39, 0.29) is 24.2 Å². The number of phenols is 1. The Morgan fingerprint density at radius 2 is 1.89 bits per heavy atom. The first kappa shape index (κ1) is 14.3. The van der Waals surface area contributed by atoms with Gasteiger partial charge in [0, 0.05) is 0 Å². The molecule has 0 aliphatic carbocycles. The summed E-state index contributed by atoms with van der Waals surface area (Å²) in [6.07, 6.45) is -6.67. The van der Waals surface area contributed by atoms with Gasteiger partial charge in [-0.2, -0.15) is 13.2 Å². The van der Waals surface area contributed by atoms with Crippen LogP contribution in [0.5, 0.6) is 5.75 Å². The molecule has 0 saturated heterocycles. The number of phenolic OH excluding ortho intramolecular Hbond substituents is 1. The molecule has 100 valence electrons. The third-order valence-electron chi connectivity index (χ3n) is 2.27. The quantitative estimate of drug-likeness (QED) is 0.847. The van der Waals surface area contributed by atoms with E-state index in [1.807, 2.05) is 0 Å². The van der Waals surface area contributed by atoms with E-state index in [9.17, 15) is 18.0 Å². The summed E-state index contributed by atoms with van der Waals surface area (Å²) in [7, 11) is 0. The molecule has 0 aliphatic rings. The van der Waals surface area contributed by atoms with Gasteiger partial charge < -0.3 is 9.84 Å². The lowest BCUT2D eigenvalue weighted by Crippen LogP contribution is -2.33. The number of ether oxygens (including phenoxy) is 1. The lowest BCUT2D eigenvalue weighted by atomic mass is 10.2. The van der Waals surface area contributed by atoms with Crippen molar-refractivity contribution in [2.45, 2.75) is 32.0 Å². The van der Waals surface area contributed by atoms with E-state index in [4.69, 9.17) is 5.11 Å². The molecule has 1 rings (SSSR count). The monoisotopic (exact) mass is 262 g/mol. The molecule has 0 aliphatic heterocycles. The van der Waals surface area contributed by atoms with Crippen LogP contribution in [0, 0.1) is 0 Å². The molecule has 1 aromatic carbocycles. The number of hydrogen-bond acceptors (Lipinski definition) is 3. The third kappa shape index (κ3) is 3.94. The zero-order chi connectivity index (χ0) is 13.8. The minimum Gasteiger partial charge on any atom is -0.508 e. The maximum Gasteiger partial charge on any atom is 0.425 e. The Labute approximate surface area is 102 Å². The summed E-state index contributed by atoms with van der Waals surface area (Å²) in [4.78, 5) is 11.5. The molecule has 0 saturated carbocycles. The van der Waals surface area contributed by atoms with Crippen molar-refractivity contribution >= 4 is 5.97 Å². The second-order valence-electron chi connectivity index (χ2n) is 3.77. The van der Waals surface area contributed by atoms with E-state index in [1.54, 1.807) is 6.92 Å². The molecule has 0 amide bonds. The van der Waals surface area contributed by atoms with E-state index in [0.717, 1.165) is 0 Å². The Kier molecular flexibility index (Phi) is 4.58. The molecule has 6 heteroatoms. The Hall–Kier alpha value is -1.72. The molecular formula is C12H13F3O3.